The van der Waals surface area contributed by atoms with Gasteiger partial charge in [-0.15, -0.1) is 0 Å². The summed E-state index contributed by atoms with van der Waals surface area (Å²) in [4.78, 5) is -0.755. The number of sulfonamides is 1. The van der Waals surface area contributed by atoms with Gasteiger partial charge in [-0.3, -0.25) is 4.72 Å². The number of aromatic nitrogens is 2. The topological polar surface area (TPSA) is 73.2 Å². The molecule has 2 aromatic rings. The Balaban J connectivity index is 2.49. The Bertz CT molecular complexity index is 811. The van der Waals surface area contributed by atoms with Gasteiger partial charge in [0.05, 0.1) is 17.7 Å². The van der Waals surface area contributed by atoms with E-state index in [1.54, 1.807) is 0 Å². The third kappa shape index (κ3) is 2.73. The van der Waals surface area contributed by atoms with Crippen LogP contribution < -0.4 is 9.46 Å². The highest BCUT2D eigenvalue weighted by Gasteiger charge is 2.24. The fourth-order valence-electron chi connectivity index (χ4n) is 1.87. The van der Waals surface area contributed by atoms with Gasteiger partial charge in [0.15, 0.2) is 17.5 Å². The van der Waals surface area contributed by atoms with E-state index in [4.69, 9.17) is 4.74 Å². The van der Waals surface area contributed by atoms with Crippen LogP contribution >= 0.6 is 0 Å². The largest absolute Gasteiger partial charge is 0.480 e. The maximum absolute atomic E-state index is 13.2. The average Bonchev–Trinajstić information content (AvgIpc) is 2.69. The molecule has 0 aliphatic rings. The van der Waals surface area contributed by atoms with Crippen LogP contribution in [0.3, 0.4) is 0 Å². The molecule has 0 fully saturated rings. The summed E-state index contributed by atoms with van der Waals surface area (Å²) in [6, 6.07) is 0.776. The molecule has 0 aliphatic heterocycles. The summed E-state index contributed by atoms with van der Waals surface area (Å²) in [5, 5.41) is 3.97. The van der Waals surface area contributed by atoms with Gasteiger partial charge in [-0.1, -0.05) is 0 Å². The van der Waals surface area contributed by atoms with Gasteiger partial charge in [-0.25, -0.2) is 26.3 Å². The van der Waals surface area contributed by atoms with Crippen LogP contribution in [0.2, 0.25) is 0 Å². The maximum atomic E-state index is 13.2. The molecule has 10 heteroatoms. The van der Waals surface area contributed by atoms with E-state index in [1.165, 1.54) is 25.8 Å². The zero-order chi connectivity index (χ0) is 16.7. The molecule has 1 aromatic heterocycles. The van der Waals surface area contributed by atoms with Crippen LogP contribution in [-0.2, 0) is 17.1 Å². The van der Waals surface area contributed by atoms with Gasteiger partial charge in [-0.05, 0) is 19.1 Å². The molecule has 22 heavy (non-hydrogen) atoms. The normalized spacial score (nSPS) is 11.5. The molecule has 0 radical (unpaired) electrons. The molecule has 1 heterocycles. The van der Waals surface area contributed by atoms with Gasteiger partial charge in [0, 0.05) is 7.05 Å². The number of rotatable bonds is 4. The monoisotopic (exact) mass is 335 g/mol. The average molecular weight is 335 g/mol. The van der Waals surface area contributed by atoms with E-state index in [2.05, 4.69) is 9.82 Å². The van der Waals surface area contributed by atoms with E-state index < -0.39 is 32.4 Å². The molecular formula is C12H12F3N3O3S. The minimum Gasteiger partial charge on any atom is -0.480 e. The first-order valence-corrected chi connectivity index (χ1v) is 7.40. The lowest BCUT2D eigenvalue weighted by Crippen LogP contribution is -2.15. The first kappa shape index (κ1) is 16.1. The van der Waals surface area contributed by atoms with E-state index in [0.717, 1.165) is 0 Å². The SMILES string of the molecule is COc1c(NS(=O)(=O)c2cc(F)c(F)c(F)c2)c(C)nn1C. The fourth-order valence-corrected chi connectivity index (χ4v) is 3.01. The Morgan fingerprint density at radius 1 is 1.23 bits per heavy atom. The standard InChI is InChI=1S/C12H12F3N3O3S/c1-6-11(12(21-3)18(2)16-6)17-22(19,20)7-4-8(13)10(15)9(14)5-7/h4-5,17H,1-3H3. The number of hydrogen-bond acceptors (Lipinski definition) is 4. The summed E-state index contributed by atoms with van der Waals surface area (Å²) >= 11 is 0. The van der Waals surface area contributed by atoms with Crippen molar-refractivity contribution in [3.8, 4) is 5.88 Å². The van der Waals surface area contributed by atoms with Crippen molar-refractivity contribution >= 4 is 15.7 Å². The Morgan fingerprint density at radius 3 is 2.27 bits per heavy atom. The van der Waals surface area contributed by atoms with E-state index in [-0.39, 0.29) is 11.6 Å². The number of ether oxygens (including phenoxy) is 1. The number of hydrogen-bond donors (Lipinski definition) is 1. The van der Waals surface area contributed by atoms with Crippen molar-refractivity contribution < 1.29 is 26.3 Å². The number of halogens is 3. The summed E-state index contributed by atoms with van der Waals surface area (Å²) < 4.78 is 72.1. The molecule has 0 aliphatic carbocycles. The summed E-state index contributed by atoms with van der Waals surface area (Å²) in [7, 11) is -1.51. The fraction of sp³-hybridized carbons (Fsp3) is 0.250. The summed E-state index contributed by atoms with van der Waals surface area (Å²) in [6.45, 7) is 1.52. The van der Waals surface area contributed by atoms with Crippen molar-refractivity contribution in [1.82, 2.24) is 9.78 Å². The van der Waals surface area contributed by atoms with Crippen LogP contribution in [0.25, 0.3) is 0 Å². The van der Waals surface area contributed by atoms with Crippen molar-refractivity contribution in [3.63, 3.8) is 0 Å². The highest BCUT2D eigenvalue weighted by molar-refractivity contribution is 7.92. The second kappa shape index (κ2) is 5.52. The smallest absolute Gasteiger partial charge is 0.262 e. The van der Waals surface area contributed by atoms with Crippen LogP contribution in [-0.4, -0.2) is 25.3 Å². The zero-order valence-electron chi connectivity index (χ0n) is 11.8. The maximum Gasteiger partial charge on any atom is 0.262 e. The minimum absolute atomic E-state index is 0.0233. The molecule has 0 atom stereocenters. The predicted octanol–water partition coefficient (Wildman–Crippen LogP) is 1.96. The quantitative estimate of drug-likeness (QED) is 0.867. The third-order valence-corrected chi connectivity index (χ3v) is 4.20. The van der Waals surface area contributed by atoms with Gasteiger partial charge in [0.2, 0.25) is 5.88 Å². The highest BCUT2D eigenvalue weighted by Crippen LogP contribution is 2.30. The van der Waals surface area contributed by atoms with Crippen LogP contribution in [0.5, 0.6) is 5.88 Å². The third-order valence-electron chi connectivity index (χ3n) is 2.87. The zero-order valence-corrected chi connectivity index (χ0v) is 12.6. The van der Waals surface area contributed by atoms with Gasteiger partial charge >= 0.3 is 0 Å². The molecule has 2 rings (SSSR count). The van der Waals surface area contributed by atoms with Gasteiger partial charge < -0.3 is 4.74 Å². The van der Waals surface area contributed by atoms with E-state index in [9.17, 15) is 21.6 Å². The van der Waals surface area contributed by atoms with Crippen LogP contribution in [0.4, 0.5) is 18.9 Å². The molecular weight excluding hydrogens is 323 g/mol. The molecule has 6 nitrogen and oxygen atoms in total. The number of nitrogens with zero attached hydrogens (tertiary/aromatic N) is 2. The summed E-state index contributed by atoms with van der Waals surface area (Å²) in [6.07, 6.45) is 0. The molecule has 1 aromatic carbocycles. The van der Waals surface area contributed by atoms with Crippen molar-refractivity contribution in [2.24, 2.45) is 7.05 Å². The molecule has 0 spiro atoms. The number of aryl methyl sites for hydroxylation is 2. The summed E-state index contributed by atoms with van der Waals surface area (Å²) in [5.41, 5.74) is 0.320. The second-order valence-corrected chi connectivity index (χ2v) is 6.08. The first-order valence-electron chi connectivity index (χ1n) is 5.92. The minimum atomic E-state index is -4.35. The molecule has 1 N–H and O–H groups in total. The Kier molecular flexibility index (Phi) is 4.05. The number of benzene rings is 1. The lowest BCUT2D eigenvalue weighted by molar-refractivity contribution is 0.375. The number of anilines is 1. The van der Waals surface area contributed by atoms with Gasteiger partial charge in [0.25, 0.3) is 10.0 Å². The number of nitrogens with one attached hydrogen (secondary N) is 1. The Labute approximate surface area is 124 Å². The first-order chi connectivity index (χ1) is 10.2. The molecule has 0 bridgehead atoms. The van der Waals surface area contributed by atoms with E-state index in [0.29, 0.717) is 17.8 Å². The van der Waals surface area contributed by atoms with Crippen LogP contribution in [0.1, 0.15) is 5.69 Å². The number of methoxy groups -OCH3 is 1. The molecule has 0 saturated carbocycles. The lowest BCUT2D eigenvalue weighted by atomic mass is 10.3. The van der Waals surface area contributed by atoms with Gasteiger partial charge in [-0.2, -0.15) is 5.10 Å². The lowest BCUT2D eigenvalue weighted by Gasteiger charge is -2.10. The van der Waals surface area contributed by atoms with Crippen molar-refractivity contribution in [3.05, 3.63) is 35.3 Å². The molecule has 0 saturated heterocycles. The Morgan fingerprint density at radius 2 is 1.77 bits per heavy atom. The van der Waals surface area contributed by atoms with Crippen molar-refractivity contribution in [2.45, 2.75) is 11.8 Å². The predicted molar refractivity (Wildman–Crippen MR) is 71.6 cm³/mol. The Hall–Kier alpha value is -2.23. The van der Waals surface area contributed by atoms with Crippen LogP contribution in [0, 0.1) is 24.4 Å². The molecule has 0 unspecified atom stereocenters. The van der Waals surface area contributed by atoms with Gasteiger partial charge in [0.1, 0.15) is 5.69 Å². The highest BCUT2D eigenvalue weighted by atomic mass is 32.2. The van der Waals surface area contributed by atoms with Crippen LogP contribution in [0.15, 0.2) is 17.0 Å². The molecule has 0 amide bonds. The van der Waals surface area contributed by atoms with E-state index >= 15 is 0 Å². The van der Waals surface area contributed by atoms with Crippen molar-refractivity contribution in [2.75, 3.05) is 11.8 Å². The van der Waals surface area contributed by atoms with E-state index in [1.807, 2.05) is 0 Å². The second-order valence-electron chi connectivity index (χ2n) is 4.40. The van der Waals surface area contributed by atoms with Crippen molar-refractivity contribution in [1.29, 1.82) is 0 Å². The molecule has 120 valence electrons. The summed E-state index contributed by atoms with van der Waals surface area (Å²) in [5.74, 6) is -4.83.